The smallest absolute Gasteiger partial charge is 0.290 e. The molecule has 0 amide bonds. The summed E-state index contributed by atoms with van der Waals surface area (Å²) >= 11 is 0.595. The first-order valence-electron chi connectivity index (χ1n) is 8.97. The lowest BCUT2D eigenvalue weighted by Crippen LogP contribution is -2.08. The van der Waals surface area contributed by atoms with Gasteiger partial charge >= 0.3 is 22.5 Å². The van der Waals surface area contributed by atoms with Crippen LogP contribution in [0, 0.1) is 0 Å². The fraction of sp³-hybridized carbons (Fsp3) is 0.105. The Balaban J connectivity index is 1.76. The molecule has 4 rings (SSSR count). The summed E-state index contributed by atoms with van der Waals surface area (Å²) in [6.07, 6.45) is -6.13. The first-order valence-corrected chi connectivity index (χ1v) is 11.2. The highest BCUT2D eigenvalue weighted by Crippen LogP contribution is 2.35. The van der Waals surface area contributed by atoms with Crippen molar-refractivity contribution < 1.29 is 39.3 Å². The van der Waals surface area contributed by atoms with E-state index in [2.05, 4.69) is 15.0 Å². The van der Waals surface area contributed by atoms with E-state index >= 15 is 0 Å². The van der Waals surface area contributed by atoms with Crippen LogP contribution in [0.3, 0.4) is 0 Å². The van der Waals surface area contributed by atoms with Gasteiger partial charge in [0.05, 0.1) is 23.0 Å². The lowest BCUT2D eigenvalue weighted by atomic mass is 10.1. The van der Waals surface area contributed by atoms with E-state index in [1.54, 1.807) is 0 Å². The molecule has 0 aliphatic carbocycles. The number of benzene rings is 1. The zero-order valence-electron chi connectivity index (χ0n) is 16.3. The van der Waals surface area contributed by atoms with Crippen molar-refractivity contribution in [1.82, 2.24) is 19.5 Å². The van der Waals surface area contributed by atoms with Gasteiger partial charge in [0.1, 0.15) is 22.8 Å². The molecule has 0 radical (unpaired) electrons. The van der Waals surface area contributed by atoms with Gasteiger partial charge in [0.2, 0.25) is 0 Å². The van der Waals surface area contributed by atoms with Crippen LogP contribution in [0.15, 0.2) is 59.3 Å². The second-order valence-electron chi connectivity index (χ2n) is 6.80. The monoisotopic (exact) mass is 520 g/mol. The molecule has 0 fully saturated rings. The quantitative estimate of drug-likeness (QED) is 0.288. The number of imidazole rings is 1. The van der Waals surface area contributed by atoms with E-state index in [-0.39, 0.29) is 27.8 Å². The largest absolute Gasteiger partial charge is 0.416 e. The topological polar surface area (TPSA) is 98.0 Å². The number of hydrogen-bond acceptors (Lipinski definition) is 6. The summed E-state index contributed by atoms with van der Waals surface area (Å²) in [5.74, 6) is -0.241. The maximum absolute atomic E-state index is 13.5. The minimum Gasteiger partial charge on any atom is -0.290 e. The highest BCUT2D eigenvalue weighted by Gasteiger charge is 2.33. The van der Waals surface area contributed by atoms with Crippen molar-refractivity contribution in [2.24, 2.45) is 0 Å². The number of halogens is 6. The van der Waals surface area contributed by atoms with Gasteiger partial charge in [0.15, 0.2) is 4.21 Å². The average molecular weight is 520 g/mol. The maximum atomic E-state index is 13.5. The van der Waals surface area contributed by atoms with Crippen molar-refractivity contribution in [2.45, 2.75) is 16.6 Å². The molecule has 15 heteroatoms. The van der Waals surface area contributed by atoms with Crippen molar-refractivity contribution in [3.63, 3.8) is 0 Å². The molecule has 0 spiro atoms. The lowest BCUT2D eigenvalue weighted by Gasteiger charge is -2.13. The van der Waals surface area contributed by atoms with Gasteiger partial charge in [-0.05, 0) is 24.3 Å². The Hall–Kier alpha value is -3.30. The van der Waals surface area contributed by atoms with Gasteiger partial charge in [-0.2, -0.15) is 34.8 Å². The van der Waals surface area contributed by atoms with Crippen LogP contribution in [0.1, 0.15) is 11.1 Å². The van der Waals surface area contributed by atoms with Gasteiger partial charge in [-0.1, -0.05) is 23.5 Å². The van der Waals surface area contributed by atoms with Crippen LogP contribution in [0.4, 0.5) is 26.3 Å². The Kier molecular flexibility index (Phi) is 5.73. The van der Waals surface area contributed by atoms with E-state index in [0.717, 1.165) is 47.4 Å². The molecule has 34 heavy (non-hydrogen) atoms. The molecule has 7 nitrogen and oxygen atoms in total. The number of nitrogens with zero attached hydrogens (tertiary/aromatic N) is 4. The summed E-state index contributed by atoms with van der Waals surface area (Å²) in [5.41, 5.74) is -2.16. The Labute approximate surface area is 191 Å². The third kappa shape index (κ3) is 4.95. The minimum absolute atomic E-state index is 0.0263. The lowest BCUT2D eigenvalue weighted by molar-refractivity contribution is -0.138. The second kappa shape index (κ2) is 8.18. The molecule has 1 N–H and O–H groups in total. The molecule has 178 valence electrons. The molecule has 0 aliphatic heterocycles. The van der Waals surface area contributed by atoms with Crippen LogP contribution in [-0.4, -0.2) is 32.5 Å². The fourth-order valence-electron chi connectivity index (χ4n) is 2.85. The molecule has 0 saturated carbocycles. The van der Waals surface area contributed by atoms with Crippen molar-refractivity contribution >= 4 is 21.5 Å². The van der Waals surface area contributed by atoms with Crippen LogP contribution in [0.25, 0.3) is 27.8 Å². The molecular weight excluding hydrogens is 510 g/mol. The van der Waals surface area contributed by atoms with Crippen LogP contribution >= 0.6 is 11.3 Å². The van der Waals surface area contributed by atoms with Gasteiger partial charge in [-0.25, -0.2) is 15.0 Å². The molecule has 0 aliphatic rings. The number of alkyl halides is 6. The van der Waals surface area contributed by atoms with Crippen LogP contribution < -0.4 is 0 Å². The number of hydrogen-bond donors (Lipinski definition) is 1. The van der Waals surface area contributed by atoms with Crippen LogP contribution in [0.5, 0.6) is 0 Å². The molecule has 3 heterocycles. The van der Waals surface area contributed by atoms with Gasteiger partial charge in [0.25, 0.3) is 0 Å². The third-order valence-corrected chi connectivity index (χ3v) is 6.76. The third-order valence-electron chi connectivity index (χ3n) is 4.45. The first kappa shape index (κ1) is 23.8. The number of rotatable bonds is 4. The first-order chi connectivity index (χ1) is 15.7. The number of aromatic nitrogens is 4. The van der Waals surface area contributed by atoms with Crippen molar-refractivity contribution in [3.05, 3.63) is 66.2 Å². The molecule has 0 saturated heterocycles. The van der Waals surface area contributed by atoms with Gasteiger partial charge < -0.3 is 0 Å². The van der Waals surface area contributed by atoms with Crippen molar-refractivity contribution in [3.8, 4) is 27.8 Å². The Morgan fingerprint density at radius 3 is 2.09 bits per heavy atom. The zero-order valence-corrected chi connectivity index (χ0v) is 18.0. The summed E-state index contributed by atoms with van der Waals surface area (Å²) in [6.45, 7) is 0. The molecule has 0 atom stereocenters. The van der Waals surface area contributed by atoms with Crippen molar-refractivity contribution in [1.29, 1.82) is 0 Å². The average Bonchev–Trinajstić information content (AvgIpc) is 3.42. The van der Waals surface area contributed by atoms with E-state index in [1.807, 2.05) is 0 Å². The van der Waals surface area contributed by atoms with E-state index in [9.17, 15) is 34.8 Å². The van der Waals surface area contributed by atoms with E-state index in [0.29, 0.717) is 17.4 Å². The summed E-state index contributed by atoms with van der Waals surface area (Å²) < 4.78 is 111. The highest BCUT2D eigenvalue weighted by molar-refractivity contribution is 7.88. The fourth-order valence-corrected chi connectivity index (χ4v) is 4.30. The summed E-state index contributed by atoms with van der Waals surface area (Å²) in [6, 6.07) is 4.94. The molecule has 3 aromatic heterocycles. The van der Waals surface area contributed by atoms with Crippen molar-refractivity contribution in [2.75, 3.05) is 0 Å². The van der Waals surface area contributed by atoms with E-state index in [1.165, 1.54) is 6.20 Å². The molecule has 0 unspecified atom stereocenters. The Bertz CT molecular complexity index is 1460. The normalized spacial score (nSPS) is 12.8. The number of pyridine rings is 1. The summed E-state index contributed by atoms with van der Waals surface area (Å²) in [5, 5.41) is 0.0707. The predicted molar refractivity (Wildman–Crippen MR) is 108 cm³/mol. The van der Waals surface area contributed by atoms with Gasteiger partial charge in [-0.3, -0.25) is 9.12 Å². The highest BCUT2D eigenvalue weighted by atomic mass is 32.3. The molecule has 1 aromatic carbocycles. The standard InChI is InChI=1S/C19H10F6N4O3S2/c20-18(21,22)11-3-1-10(2-4-11)13-5-12(19(23,24)25)6-15(28-13)29-8-14(27-9-29)17-26-7-16(33-17)34(30,31)32/h1-9H,(H,30,31,32). The maximum Gasteiger partial charge on any atom is 0.416 e. The van der Waals surface area contributed by atoms with E-state index in [4.69, 9.17) is 4.55 Å². The van der Waals surface area contributed by atoms with Crippen LogP contribution in [-0.2, 0) is 22.5 Å². The van der Waals surface area contributed by atoms with E-state index < -0.39 is 37.8 Å². The Morgan fingerprint density at radius 1 is 0.882 bits per heavy atom. The van der Waals surface area contributed by atoms with Gasteiger partial charge in [-0.15, -0.1) is 0 Å². The van der Waals surface area contributed by atoms with Gasteiger partial charge in [0, 0.05) is 11.8 Å². The predicted octanol–water partition coefficient (Wildman–Crippen LogP) is 5.34. The molecule has 0 bridgehead atoms. The minimum atomic E-state index is -4.78. The molecule has 4 aromatic rings. The second-order valence-corrected chi connectivity index (χ2v) is 9.48. The SMILES string of the molecule is O=S(=O)(O)c1cnc(-c2cn(-c3cc(C(F)(F)F)cc(-c4ccc(C(F)(F)F)cc4)n3)cn2)s1. The Morgan fingerprint density at radius 2 is 1.53 bits per heavy atom. The van der Waals surface area contributed by atoms with Crippen LogP contribution in [0.2, 0.25) is 0 Å². The molecular formula is C19H10F6N4O3S2. The zero-order chi connectivity index (χ0) is 24.9. The summed E-state index contributed by atoms with van der Waals surface area (Å²) in [7, 11) is -4.49. The number of thiazole rings is 1. The summed E-state index contributed by atoms with van der Waals surface area (Å²) in [4.78, 5) is 11.9.